The van der Waals surface area contributed by atoms with Gasteiger partial charge in [0, 0.05) is 17.8 Å². The minimum Gasteiger partial charge on any atom is -0.479 e. The van der Waals surface area contributed by atoms with Crippen molar-refractivity contribution in [1.82, 2.24) is 0 Å². The number of nitrogens with two attached hydrogens (primary N) is 1. The highest BCUT2D eigenvalue weighted by Gasteiger charge is 2.01. The van der Waals surface area contributed by atoms with E-state index in [9.17, 15) is 4.79 Å². The second-order valence-corrected chi connectivity index (χ2v) is 4.39. The Balaban J connectivity index is 1.95. The molecule has 0 aliphatic heterocycles. The summed E-state index contributed by atoms with van der Waals surface area (Å²) >= 11 is 0. The molecule has 0 aromatic heterocycles. The number of benzene rings is 2. The third-order valence-corrected chi connectivity index (χ3v) is 2.87. The molecule has 1 amide bonds. The zero-order valence-corrected chi connectivity index (χ0v) is 11.4. The second-order valence-electron chi connectivity index (χ2n) is 4.39. The molecular weight excluding hydrogens is 266 g/mol. The number of hydrogen-bond donors (Lipinski definition) is 2. The number of anilines is 1. The largest absolute Gasteiger partial charge is 0.479 e. The van der Waals surface area contributed by atoms with Crippen LogP contribution in [-0.4, -0.2) is 12.5 Å². The number of nitriles is 1. The van der Waals surface area contributed by atoms with Gasteiger partial charge in [0.15, 0.2) is 6.61 Å². The molecule has 2 rings (SSSR count). The predicted molar refractivity (Wildman–Crippen MR) is 79.8 cm³/mol. The molecule has 5 nitrogen and oxygen atoms in total. The van der Waals surface area contributed by atoms with Crippen LogP contribution in [0.3, 0.4) is 0 Å². The molecule has 0 atom stereocenters. The fourth-order valence-electron chi connectivity index (χ4n) is 1.82. The zero-order valence-electron chi connectivity index (χ0n) is 11.4. The van der Waals surface area contributed by atoms with Gasteiger partial charge in [0.2, 0.25) is 5.91 Å². The Morgan fingerprint density at radius 3 is 2.67 bits per heavy atom. The van der Waals surface area contributed by atoms with Crippen LogP contribution in [0.25, 0.3) is 0 Å². The first-order valence-electron chi connectivity index (χ1n) is 6.41. The summed E-state index contributed by atoms with van der Waals surface area (Å²) in [6, 6.07) is 16.4. The van der Waals surface area contributed by atoms with E-state index in [1.165, 1.54) is 0 Å². The summed E-state index contributed by atoms with van der Waals surface area (Å²) in [5, 5.41) is 11.7. The minimum atomic E-state index is -0.434. The molecule has 2 aromatic carbocycles. The topological polar surface area (TPSA) is 88.1 Å². The van der Waals surface area contributed by atoms with Crippen molar-refractivity contribution in [1.29, 1.82) is 5.26 Å². The second kappa shape index (κ2) is 6.96. The average molecular weight is 281 g/mol. The number of hydrogen-bond acceptors (Lipinski definition) is 4. The molecule has 0 aliphatic rings. The third kappa shape index (κ3) is 4.25. The molecular formula is C16H15N3O2. The zero-order chi connectivity index (χ0) is 15.1. The quantitative estimate of drug-likeness (QED) is 0.850. The molecule has 0 aliphatic carbocycles. The number of rotatable bonds is 6. The Morgan fingerprint density at radius 2 is 2.00 bits per heavy atom. The number of ether oxygens (including phenoxy) is 1. The van der Waals surface area contributed by atoms with Crippen LogP contribution in [0.4, 0.5) is 5.69 Å². The van der Waals surface area contributed by atoms with Crippen molar-refractivity contribution in [3.05, 3.63) is 59.7 Å². The number of nitrogens with one attached hydrogen (secondary N) is 1. The van der Waals surface area contributed by atoms with Gasteiger partial charge < -0.3 is 15.8 Å². The van der Waals surface area contributed by atoms with Crippen LogP contribution >= 0.6 is 0 Å². The molecule has 0 spiro atoms. The number of nitrogens with zero attached hydrogens (tertiary/aromatic N) is 1. The minimum absolute atomic E-state index is 0.0344. The summed E-state index contributed by atoms with van der Waals surface area (Å²) in [7, 11) is 0. The van der Waals surface area contributed by atoms with Crippen LogP contribution in [0.5, 0.6) is 5.75 Å². The summed E-state index contributed by atoms with van der Waals surface area (Å²) in [5.74, 6) is 0.216. The Kier molecular flexibility index (Phi) is 4.78. The van der Waals surface area contributed by atoms with Crippen molar-refractivity contribution in [3.8, 4) is 11.8 Å². The Bertz CT molecular complexity index is 660. The van der Waals surface area contributed by atoms with E-state index in [1.54, 1.807) is 30.3 Å². The maximum Gasteiger partial charge on any atom is 0.248 e. The molecule has 0 saturated carbocycles. The van der Waals surface area contributed by atoms with E-state index in [0.717, 1.165) is 11.3 Å². The summed E-state index contributed by atoms with van der Waals surface area (Å²) in [4.78, 5) is 11.1. The van der Waals surface area contributed by atoms with E-state index in [0.29, 0.717) is 17.9 Å². The van der Waals surface area contributed by atoms with Crippen molar-refractivity contribution < 1.29 is 9.53 Å². The van der Waals surface area contributed by atoms with Crippen LogP contribution < -0.4 is 15.8 Å². The molecule has 2 aromatic rings. The smallest absolute Gasteiger partial charge is 0.248 e. The van der Waals surface area contributed by atoms with E-state index in [-0.39, 0.29) is 6.61 Å². The number of amides is 1. The fourth-order valence-corrected chi connectivity index (χ4v) is 1.82. The summed E-state index contributed by atoms with van der Waals surface area (Å²) in [6.45, 7) is 0.617. The molecule has 0 unspecified atom stereocenters. The van der Waals surface area contributed by atoms with Crippen molar-refractivity contribution in [2.45, 2.75) is 6.54 Å². The SMILES string of the molecule is N#CCOc1ccc(NCc2cccc(C(N)=O)c2)cc1. The van der Waals surface area contributed by atoms with Crippen LogP contribution in [0.1, 0.15) is 15.9 Å². The van der Waals surface area contributed by atoms with E-state index in [4.69, 9.17) is 15.7 Å². The predicted octanol–water partition coefficient (Wildman–Crippen LogP) is 2.30. The molecule has 106 valence electrons. The number of carbonyl (C=O) groups is 1. The molecule has 5 heteroatoms. The van der Waals surface area contributed by atoms with Gasteiger partial charge in [-0.2, -0.15) is 5.26 Å². The van der Waals surface area contributed by atoms with E-state index >= 15 is 0 Å². The van der Waals surface area contributed by atoms with Gasteiger partial charge >= 0.3 is 0 Å². The van der Waals surface area contributed by atoms with E-state index in [1.807, 2.05) is 24.3 Å². The van der Waals surface area contributed by atoms with Crippen LogP contribution in [-0.2, 0) is 6.54 Å². The average Bonchev–Trinajstić information content (AvgIpc) is 2.52. The Labute approximate surface area is 123 Å². The van der Waals surface area contributed by atoms with E-state index < -0.39 is 5.91 Å². The maximum atomic E-state index is 11.1. The first-order chi connectivity index (χ1) is 10.2. The van der Waals surface area contributed by atoms with Gasteiger partial charge in [-0.15, -0.1) is 0 Å². The molecule has 0 radical (unpaired) electrons. The van der Waals surface area contributed by atoms with E-state index in [2.05, 4.69) is 5.32 Å². The lowest BCUT2D eigenvalue weighted by molar-refractivity contribution is 0.1000. The Morgan fingerprint density at radius 1 is 1.24 bits per heavy atom. The molecule has 0 bridgehead atoms. The fraction of sp³-hybridized carbons (Fsp3) is 0.125. The van der Waals surface area contributed by atoms with Crippen molar-refractivity contribution >= 4 is 11.6 Å². The summed E-state index contributed by atoms with van der Waals surface area (Å²) < 4.78 is 5.17. The lowest BCUT2D eigenvalue weighted by Gasteiger charge is -2.08. The summed E-state index contributed by atoms with van der Waals surface area (Å²) in [6.07, 6.45) is 0. The van der Waals surface area contributed by atoms with Gasteiger partial charge in [0.25, 0.3) is 0 Å². The highest BCUT2D eigenvalue weighted by atomic mass is 16.5. The monoisotopic (exact) mass is 281 g/mol. The molecule has 3 N–H and O–H groups in total. The maximum absolute atomic E-state index is 11.1. The van der Waals surface area contributed by atoms with Gasteiger partial charge in [-0.05, 0) is 42.0 Å². The van der Waals surface area contributed by atoms with Crippen molar-refractivity contribution in [3.63, 3.8) is 0 Å². The highest BCUT2D eigenvalue weighted by Crippen LogP contribution is 2.16. The van der Waals surface area contributed by atoms with Crippen LogP contribution in [0.15, 0.2) is 48.5 Å². The third-order valence-electron chi connectivity index (χ3n) is 2.87. The van der Waals surface area contributed by atoms with Gasteiger partial charge in [0.05, 0.1) is 0 Å². The molecule has 0 saturated heterocycles. The highest BCUT2D eigenvalue weighted by molar-refractivity contribution is 5.92. The number of carbonyl (C=O) groups excluding carboxylic acids is 1. The van der Waals surface area contributed by atoms with Gasteiger partial charge in [-0.25, -0.2) is 0 Å². The van der Waals surface area contributed by atoms with Gasteiger partial charge in [0.1, 0.15) is 11.8 Å². The molecule has 0 heterocycles. The lowest BCUT2D eigenvalue weighted by atomic mass is 10.1. The van der Waals surface area contributed by atoms with Crippen molar-refractivity contribution in [2.75, 3.05) is 11.9 Å². The first-order valence-corrected chi connectivity index (χ1v) is 6.41. The Hall–Kier alpha value is -3.00. The van der Waals surface area contributed by atoms with Crippen LogP contribution in [0, 0.1) is 11.3 Å². The van der Waals surface area contributed by atoms with Crippen LogP contribution in [0.2, 0.25) is 0 Å². The first kappa shape index (κ1) is 14.4. The van der Waals surface area contributed by atoms with Gasteiger partial charge in [-0.3, -0.25) is 4.79 Å². The van der Waals surface area contributed by atoms with Crippen molar-refractivity contribution in [2.24, 2.45) is 5.73 Å². The number of primary amides is 1. The summed E-state index contributed by atoms with van der Waals surface area (Å²) in [5.41, 5.74) is 7.63. The lowest BCUT2D eigenvalue weighted by Crippen LogP contribution is -2.11. The standard InChI is InChI=1S/C16H15N3O2/c17-8-9-21-15-6-4-14(5-7-15)19-11-12-2-1-3-13(10-12)16(18)20/h1-7,10,19H,9,11H2,(H2,18,20). The molecule has 0 fully saturated rings. The van der Waals surface area contributed by atoms with Gasteiger partial charge in [-0.1, -0.05) is 12.1 Å². The molecule has 21 heavy (non-hydrogen) atoms. The normalized spacial score (nSPS) is 9.67.